The van der Waals surface area contributed by atoms with Crippen molar-refractivity contribution >= 4 is 0 Å². The summed E-state index contributed by atoms with van der Waals surface area (Å²) in [6.45, 7) is 0. The largest absolute Gasteiger partial charge is 0.417 e. The average molecular weight is 216 g/mol. The normalized spacial score (nSPS) is 21.2. The van der Waals surface area contributed by atoms with Crippen LogP contribution in [0.1, 0.15) is 35.7 Å². The molecule has 2 nitrogen and oxygen atoms in total. The minimum atomic E-state index is -4.33. The van der Waals surface area contributed by atoms with Gasteiger partial charge >= 0.3 is 6.18 Å². The Kier molecular flexibility index (Phi) is 2.42. The molecule has 0 spiro atoms. The number of pyridine rings is 1. The summed E-state index contributed by atoms with van der Waals surface area (Å²) in [7, 11) is 0. The van der Waals surface area contributed by atoms with Crippen LogP contribution in [0.3, 0.4) is 0 Å². The number of aromatic nitrogens is 1. The van der Waals surface area contributed by atoms with Crippen molar-refractivity contribution in [1.29, 1.82) is 0 Å². The van der Waals surface area contributed by atoms with E-state index in [0.29, 0.717) is 11.3 Å². The molecule has 0 saturated heterocycles. The van der Waals surface area contributed by atoms with Gasteiger partial charge in [-0.25, -0.2) is 0 Å². The second-order valence-corrected chi connectivity index (χ2v) is 3.76. The molecule has 0 aliphatic heterocycles. The van der Waals surface area contributed by atoms with Crippen molar-refractivity contribution in [2.45, 2.75) is 31.5 Å². The zero-order valence-electron chi connectivity index (χ0n) is 8.01. The van der Waals surface area contributed by atoms with Gasteiger partial charge in [-0.3, -0.25) is 4.98 Å². The standard InChI is InChI=1S/C10H11F3N2/c11-10(12,13)6-4-7-8(14)2-1-3-9(7)15-5-6/h4-5,8H,1-3,14H2. The minimum absolute atomic E-state index is 0.302. The lowest BCUT2D eigenvalue weighted by Crippen LogP contribution is -2.20. The van der Waals surface area contributed by atoms with Gasteiger partial charge < -0.3 is 5.73 Å². The zero-order valence-corrected chi connectivity index (χ0v) is 8.01. The maximum absolute atomic E-state index is 12.4. The lowest BCUT2D eigenvalue weighted by atomic mass is 9.91. The molecular formula is C10H11F3N2. The molecule has 1 unspecified atom stereocenters. The van der Waals surface area contributed by atoms with Crippen LogP contribution in [0, 0.1) is 0 Å². The Balaban J connectivity index is 2.44. The number of fused-ring (bicyclic) bond motifs is 1. The van der Waals surface area contributed by atoms with Gasteiger partial charge in [0.2, 0.25) is 0 Å². The molecule has 1 aromatic heterocycles. The van der Waals surface area contributed by atoms with E-state index >= 15 is 0 Å². The van der Waals surface area contributed by atoms with Crippen molar-refractivity contribution in [2.75, 3.05) is 0 Å². The molecule has 2 N–H and O–H groups in total. The van der Waals surface area contributed by atoms with Gasteiger partial charge in [-0.1, -0.05) is 0 Å². The SMILES string of the molecule is NC1CCCc2ncc(C(F)(F)F)cc21. The Morgan fingerprint density at radius 1 is 1.40 bits per heavy atom. The molecule has 82 valence electrons. The summed E-state index contributed by atoms with van der Waals surface area (Å²) in [5.41, 5.74) is 6.30. The number of alkyl halides is 3. The van der Waals surface area contributed by atoms with E-state index in [-0.39, 0.29) is 6.04 Å². The highest BCUT2D eigenvalue weighted by Crippen LogP contribution is 2.33. The van der Waals surface area contributed by atoms with Gasteiger partial charge in [0.05, 0.1) is 5.56 Å². The van der Waals surface area contributed by atoms with Gasteiger partial charge in [0.1, 0.15) is 0 Å². The highest BCUT2D eigenvalue weighted by Gasteiger charge is 2.32. The molecule has 0 radical (unpaired) electrons. The monoisotopic (exact) mass is 216 g/mol. The zero-order chi connectivity index (χ0) is 11.1. The van der Waals surface area contributed by atoms with Crippen LogP contribution in [0.2, 0.25) is 0 Å². The summed E-state index contributed by atoms with van der Waals surface area (Å²) in [6, 6.07) is 0.829. The Morgan fingerprint density at radius 2 is 2.13 bits per heavy atom. The van der Waals surface area contributed by atoms with Crippen LogP contribution in [0.4, 0.5) is 13.2 Å². The van der Waals surface area contributed by atoms with Gasteiger partial charge in [-0.15, -0.1) is 0 Å². The van der Waals surface area contributed by atoms with Crippen molar-refractivity contribution in [3.63, 3.8) is 0 Å². The molecule has 1 atom stereocenters. The predicted molar refractivity (Wildman–Crippen MR) is 49.1 cm³/mol. The first-order chi connectivity index (χ1) is 6.98. The number of nitrogens with two attached hydrogens (primary N) is 1. The van der Waals surface area contributed by atoms with E-state index in [9.17, 15) is 13.2 Å². The minimum Gasteiger partial charge on any atom is -0.324 e. The first-order valence-electron chi connectivity index (χ1n) is 4.80. The summed E-state index contributed by atoms with van der Waals surface area (Å²) in [6.07, 6.45) is -1.10. The number of aryl methyl sites for hydroxylation is 1. The molecule has 0 saturated carbocycles. The van der Waals surface area contributed by atoms with Crippen LogP contribution in [0.15, 0.2) is 12.3 Å². The molecule has 1 aromatic rings. The van der Waals surface area contributed by atoms with E-state index in [1.807, 2.05) is 0 Å². The van der Waals surface area contributed by atoms with Gasteiger partial charge in [0.25, 0.3) is 0 Å². The van der Waals surface area contributed by atoms with Gasteiger partial charge in [0.15, 0.2) is 0 Å². The Bertz CT molecular complexity index is 373. The topological polar surface area (TPSA) is 38.9 Å². The third kappa shape index (κ3) is 1.97. The number of hydrogen-bond donors (Lipinski definition) is 1. The van der Waals surface area contributed by atoms with Crippen LogP contribution < -0.4 is 5.73 Å². The number of halogens is 3. The van der Waals surface area contributed by atoms with Crippen LogP contribution in [-0.4, -0.2) is 4.98 Å². The average Bonchev–Trinajstić information content (AvgIpc) is 2.16. The Labute approximate surface area is 85.3 Å². The van der Waals surface area contributed by atoms with E-state index < -0.39 is 11.7 Å². The van der Waals surface area contributed by atoms with Crippen LogP contribution in [0.25, 0.3) is 0 Å². The van der Waals surface area contributed by atoms with Crippen molar-refractivity contribution < 1.29 is 13.2 Å². The second kappa shape index (κ2) is 3.48. The van der Waals surface area contributed by atoms with E-state index in [1.165, 1.54) is 0 Å². The number of hydrogen-bond acceptors (Lipinski definition) is 2. The van der Waals surface area contributed by atoms with E-state index in [2.05, 4.69) is 4.98 Å². The van der Waals surface area contributed by atoms with Crippen molar-refractivity contribution in [3.05, 3.63) is 29.1 Å². The number of rotatable bonds is 0. The molecule has 0 fully saturated rings. The summed E-state index contributed by atoms with van der Waals surface area (Å²) in [5.74, 6) is 0. The maximum atomic E-state index is 12.4. The molecule has 15 heavy (non-hydrogen) atoms. The lowest BCUT2D eigenvalue weighted by molar-refractivity contribution is -0.137. The highest BCUT2D eigenvalue weighted by atomic mass is 19.4. The molecule has 1 heterocycles. The van der Waals surface area contributed by atoms with Crippen LogP contribution in [-0.2, 0) is 12.6 Å². The quantitative estimate of drug-likeness (QED) is 0.723. The van der Waals surface area contributed by atoms with Gasteiger partial charge in [-0.2, -0.15) is 13.2 Å². The highest BCUT2D eigenvalue weighted by molar-refractivity contribution is 5.31. The first kappa shape index (κ1) is 10.4. The van der Waals surface area contributed by atoms with E-state index in [0.717, 1.165) is 31.5 Å². The van der Waals surface area contributed by atoms with Gasteiger partial charge in [0, 0.05) is 17.9 Å². The number of nitrogens with zero attached hydrogens (tertiary/aromatic N) is 1. The fourth-order valence-corrected chi connectivity index (χ4v) is 1.84. The Hall–Kier alpha value is -1.10. The third-order valence-corrected chi connectivity index (χ3v) is 2.66. The fraction of sp³-hybridized carbons (Fsp3) is 0.500. The molecular weight excluding hydrogens is 205 g/mol. The van der Waals surface area contributed by atoms with Crippen LogP contribution >= 0.6 is 0 Å². The second-order valence-electron chi connectivity index (χ2n) is 3.76. The summed E-state index contributed by atoms with van der Waals surface area (Å²) in [5, 5.41) is 0. The molecule has 5 heteroatoms. The molecule has 1 aliphatic carbocycles. The van der Waals surface area contributed by atoms with Crippen LogP contribution in [0.5, 0.6) is 0 Å². The van der Waals surface area contributed by atoms with Crippen molar-refractivity contribution in [1.82, 2.24) is 4.98 Å². The fourth-order valence-electron chi connectivity index (χ4n) is 1.84. The summed E-state index contributed by atoms with van der Waals surface area (Å²) in [4.78, 5) is 3.84. The smallest absolute Gasteiger partial charge is 0.324 e. The summed E-state index contributed by atoms with van der Waals surface area (Å²) >= 11 is 0. The third-order valence-electron chi connectivity index (χ3n) is 2.66. The van der Waals surface area contributed by atoms with E-state index in [4.69, 9.17) is 5.73 Å². The van der Waals surface area contributed by atoms with Gasteiger partial charge in [-0.05, 0) is 30.9 Å². The predicted octanol–water partition coefficient (Wildman–Crippen LogP) is 2.44. The van der Waals surface area contributed by atoms with E-state index in [1.54, 1.807) is 0 Å². The molecule has 0 aromatic carbocycles. The molecule has 0 amide bonds. The van der Waals surface area contributed by atoms with Crippen molar-refractivity contribution in [2.24, 2.45) is 5.73 Å². The summed E-state index contributed by atoms with van der Waals surface area (Å²) < 4.78 is 37.2. The first-order valence-corrected chi connectivity index (χ1v) is 4.80. The molecule has 0 bridgehead atoms. The molecule has 1 aliphatic rings. The Morgan fingerprint density at radius 3 is 2.80 bits per heavy atom. The maximum Gasteiger partial charge on any atom is 0.417 e. The molecule has 2 rings (SSSR count). The lowest BCUT2D eigenvalue weighted by Gasteiger charge is -2.22. The van der Waals surface area contributed by atoms with Crippen molar-refractivity contribution in [3.8, 4) is 0 Å².